The molecule has 0 bridgehead atoms. The molecular weight excluding hydrogens is 262 g/mol. The van der Waals surface area contributed by atoms with E-state index >= 15 is 0 Å². The topological polar surface area (TPSA) is 66.4 Å². The fourth-order valence-electron chi connectivity index (χ4n) is 1.49. The number of hydrogen-bond donors (Lipinski definition) is 2. The highest BCUT2D eigenvalue weighted by molar-refractivity contribution is 8.01. The lowest BCUT2D eigenvalue weighted by molar-refractivity contribution is -0.115. The Bertz CT molecular complexity index is 445. The quantitative estimate of drug-likeness (QED) is 0.785. The highest BCUT2D eigenvalue weighted by atomic mass is 32.2. The number of carbonyl (C=O) groups is 2. The molecule has 104 valence electrons. The van der Waals surface area contributed by atoms with Crippen molar-refractivity contribution in [3.8, 4) is 0 Å². The second-order valence-corrected chi connectivity index (χ2v) is 6.18. The summed E-state index contributed by atoms with van der Waals surface area (Å²) in [6.45, 7) is 5.23. The fourth-order valence-corrected chi connectivity index (χ4v) is 2.45. The first-order valence-electron chi connectivity index (χ1n) is 6.12. The van der Waals surface area contributed by atoms with Crippen LogP contribution in [0.15, 0.2) is 24.3 Å². The molecule has 0 unspecified atom stereocenters. The van der Waals surface area contributed by atoms with Gasteiger partial charge >= 0.3 is 0 Å². The molecule has 1 aromatic rings. The van der Waals surface area contributed by atoms with E-state index in [0.717, 1.165) is 0 Å². The van der Waals surface area contributed by atoms with Crippen molar-refractivity contribution in [1.82, 2.24) is 0 Å². The lowest BCUT2D eigenvalue weighted by atomic mass is 10.1. The predicted octanol–water partition coefficient (Wildman–Crippen LogP) is 2.33. The van der Waals surface area contributed by atoms with E-state index in [2.05, 4.69) is 5.32 Å². The van der Waals surface area contributed by atoms with Crippen molar-refractivity contribution >= 4 is 29.1 Å². The third kappa shape index (κ3) is 5.04. The third-order valence-corrected chi connectivity index (χ3v) is 3.86. The SMILES string of the molecule is CC(=O)c1ccc(NC(=O)[C@H](C)S[C@@H](C)CO)cc1. The standard InChI is InChI=1S/C14H19NO3S/c1-9(8-16)19-11(3)14(18)15-13-6-4-12(5-7-13)10(2)17/h4-7,9,11,16H,8H2,1-3H3,(H,15,18)/t9-,11-/m0/s1. The van der Waals surface area contributed by atoms with Gasteiger partial charge in [-0.2, -0.15) is 0 Å². The van der Waals surface area contributed by atoms with Gasteiger partial charge in [0, 0.05) is 16.5 Å². The Hall–Kier alpha value is -1.33. The van der Waals surface area contributed by atoms with E-state index in [-0.39, 0.29) is 28.8 Å². The van der Waals surface area contributed by atoms with Crippen LogP contribution in [0.1, 0.15) is 31.1 Å². The largest absolute Gasteiger partial charge is 0.395 e. The third-order valence-electron chi connectivity index (χ3n) is 2.62. The lowest BCUT2D eigenvalue weighted by Gasteiger charge is -2.15. The lowest BCUT2D eigenvalue weighted by Crippen LogP contribution is -2.25. The van der Waals surface area contributed by atoms with Gasteiger partial charge in [-0.15, -0.1) is 11.8 Å². The second-order valence-electron chi connectivity index (χ2n) is 4.39. The maximum absolute atomic E-state index is 11.9. The van der Waals surface area contributed by atoms with Gasteiger partial charge in [0.05, 0.1) is 11.9 Å². The van der Waals surface area contributed by atoms with Crippen LogP contribution >= 0.6 is 11.8 Å². The first-order chi connectivity index (χ1) is 8.93. The smallest absolute Gasteiger partial charge is 0.237 e. The number of Topliss-reactive ketones (excluding diaryl/α,β-unsaturated/α-hetero) is 1. The van der Waals surface area contributed by atoms with Crippen molar-refractivity contribution in [2.24, 2.45) is 0 Å². The summed E-state index contributed by atoms with van der Waals surface area (Å²) >= 11 is 1.42. The molecule has 1 aromatic carbocycles. The first kappa shape index (κ1) is 15.7. The Labute approximate surface area is 117 Å². The Morgan fingerprint density at radius 2 is 1.84 bits per heavy atom. The number of anilines is 1. The summed E-state index contributed by atoms with van der Waals surface area (Å²) in [4.78, 5) is 23.0. The van der Waals surface area contributed by atoms with Crippen LogP contribution in [-0.2, 0) is 4.79 Å². The summed E-state index contributed by atoms with van der Waals surface area (Å²) in [6, 6.07) is 6.79. The maximum atomic E-state index is 11.9. The minimum Gasteiger partial charge on any atom is -0.395 e. The zero-order valence-corrected chi connectivity index (χ0v) is 12.2. The molecule has 0 aliphatic rings. The second kappa shape index (κ2) is 7.31. The molecule has 0 aliphatic heterocycles. The number of carbonyl (C=O) groups excluding carboxylic acids is 2. The van der Waals surface area contributed by atoms with Gasteiger partial charge in [-0.3, -0.25) is 9.59 Å². The minimum absolute atomic E-state index is 0.00132. The Balaban J connectivity index is 2.59. The van der Waals surface area contributed by atoms with Crippen LogP contribution in [0.3, 0.4) is 0 Å². The summed E-state index contributed by atoms with van der Waals surface area (Å²) in [5.41, 5.74) is 1.29. The maximum Gasteiger partial charge on any atom is 0.237 e. The van der Waals surface area contributed by atoms with Crippen molar-refractivity contribution in [1.29, 1.82) is 0 Å². The van der Waals surface area contributed by atoms with Crippen LogP contribution in [-0.4, -0.2) is 33.9 Å². The number of thioether (sulfide) groups is 1. The average Bonchev–Trinajstić information content (AvgIpc) is 2.38. The van der Waals surface area contributed by atoms with Crippen LogP contribution in [0.5, 0.6) is 0 Å². The molecule has 5 heteroatoms. The number of ketones is 1. The molecule has 1 rings (SSSR count). The molecule has 0 aliphatic carbocycles. The molecule has 0 saturated carbocycles. The van der Waals surface area contributed by atoms with Crippen molar-refractivity contribution in [2.45, 2.75) is 31.3 Å². The zero-order chi connectivity index (χ0) is 14.4. The van der Waals surface area contributed by atoms with Crippen molar-refractivity contribution in [3.05, 3.63) is 29.8 Å². The molecule has 0 aromatic heterocycles. The van der Waals surface area contributed by atoms with Crippen molar-refractivity contribution in [2.75, 3.05) is 11.9 Å². The molecule has 0 radical (unpaired) electrons. The number of aliphatic hydroxyl groups excluding tert-OH is 1. The molecule has 0 fully saturated rings. The van der Waals surface area contributed by atoms with Crippen LogP contribution in [0.4, 0.5) is 5.69 Å². The van der Waals surface area contributed by atoms with E-state index in [9.17, 15) is 9.59 Å². The van der Waals surface area contributed by atoms with E-state index in [4.69, 9.17) is 5.11 Å². The normalized spacial score (nSPS) is 13.7. The van der Waals surface area contributed by atoms with Gasteiger partial charge in [0.25, 0.3) is 0 Å². The summed E-state index contributed by atoms with van der Waals surface area (Å²) < 4.78 is 0. The summed E-state index contributed by atoms with van der Waals surface area (Å²) in [6.07, 6.45) is 0. The van der Waals surface area contributed by atoms with Gasteiger partial charge in [-0.1, -0.05) is 6.92 Å². The predicted molar refractivity (Wildman–Crippen MR) is 78.7 cm³/mol. The van der Waals surface area contributed by atoms with Crippen LogP contribution in [0, 0.1) is 0 Å². The Morgan fingerprint density at radius 3 is 2.32 bits per heavy atom. The summed E-state index contributed by atoms with van der Waals surface area (Å²) in [5, 5.41) is 11.5. The highest BCUT2D eigenvalue weighted by Crippen LogP contribution is 2.19. The van der Waals surface area contributed by atoms with Gasteiger partial charge in [0.15, 0.2) is 5.78 Å². The number of hydrogen-bond acceptors (Lipinski definition) is 4. The van der Waals surface area contributed by atoms with Gasteiger partial charge in [0.2, 0.25) is 5.91 Å². The molecule has 1 amide bonds. The number of aliphatic hydroxyl groups is 1. The number of amides is 1. The molecule has 2 atom stereocenters. The molecule has 0 heterocycles. The highest BCUT2D eigenvalue weighted by Gasteiger charge is 2.16. The van der Waals surface area contributed by atoms with Crippen molar-refractivity contribution < 1.29 is 14.7 Å². The monoisotopic (exact) mass is 281 g/mol. The number of rotatable bonds is 6. The Morgan fingerprint density at radius 1 is 1.26 bits per heavy atom. The van der Waals surface area contributed by atoms with Crippen LogP contribution < -0.4 is 5.32 Å². The average molecular weight is 281 g/mol. The number of nitrogens with one attached hydrogen (secondary N) is 1. The Kier molecular flexibility index (Phi) is 6.05. The zero-order valence-electron chi connectivity index (χ0n) is 11.3. The van der Waals surface area contributed by atoms with Gasteiger partial charge in [-0.05, 0) is 38.1 Å². The van der Waals surface area contributed by atoms with Crippen LogP contribution in [0.25, 0.3) is 0 Å². The fraction of sp³-hybridized carbons (Fsp3) is 0.429. The van der Waals surface area contributed by atoms with Crippen molar-refractivity contribution in [3.63, 3.8) is 0 Å². The van der Waals surface area contributed by atoms with Gasteiger partial charge < -0.3 is 10.4 Å². The summed E-state index contributed by atoms with van der Waals surface area (Å²) in [7, 11) is 0. The molecule has 4 nitrogen and oxygen atoms in total. The molecular formula is C14H19NO3S. The molecule has 0 saturated heterocycles. The first-order valence-corrected chi connectivity index (χ1v) is 7.06. The summed E-state index contributed by atoms with van der Waals surface area (Å²) in [5.74, 6) is -0.112. The minimum atomic E-state index is -0.241. The molecule has 19 heavy (non-hydrogen) atoms. The van der Waals surface area contributed by atoms with Gasteiger partial charge in [0.1, 0.15) is 0 Å². The van der Waals surface area contributed by atoms with E-state index in [1.165, 1.54) is 18.7 Å². The van der Waals surface area contributed by atoms with E-state index in [0.29, 0.717) is 11.3 Å². The van der Waals surface area contributed by atoms with Crippen LogP contribution in [0.2, 0.25) is 0 Å². The van der Waals surface area contributed by atoms with E-state index in [1.54, 1.807) is 31.2 Å². The van der Waals surface area contributed by atoms with E-state index in [1.807, 2.05) is 6.92 Å². The molecule has 0 spiro atoms. The van der Waals surface area contributed by atoms with Gasteiger partial charge in [-0.25, -0.2) is 0 Å². The number of benzene rings is 1. The van der Waals surface area contributed by atoms with E-state index < -0.39 is 0 Å². The molecule has 2 N–H and O–H groups in total.